The van der Waals surface area contributed by atoms with Crippen LogP contribution in [0.2, 0.25) is 0 Å². The molecule has 22 heavy (non-hydrogen) atoms. The Hall–Kier alpha value is -2.34. The van der Waals surface area contributed by atoms with Crippen LogP contribution in [0.25, 0.3) is 0 Å². The van der Waals surface area contributed by atoms with E-state index in [1.54, 1.807) is 31.0 Å². The zero-order valence-corrected chi connectivity index (χ0v) is 12.8. The van der Waals surface area contributed by atoms with E-state index in [0.29, 0.717) is 12.2 Å². The summed E-state index contributed by atoms with van der Waals surface area (Å²) >= 11 is 0. The first-order chi connectivity index (χ1) is 10.5. The molecule has 0 bridgehead atoms. The van der Waals surface area contributed by atoms with Gasteiger partial charge in [-0.25, -0.2) is 0 Å². The standard InChI is InChI=1S/C16H21N3O3/c1-16(21,13-10-18-19(2)11-13)12-17-15(20)8-9-22-14-6-4-3-5-7-14/h3-7,10-11,21H,8-9,12H2,1-2H3,(H,17,20). The number of hydrogen-bond acceptors (Lipinski definition) is 4. The smallest absolute Gasteiger partial charge is 0.223 e. The van der Waals surface area contributed by atoms with Gasteiger partial charge in [0.05, 0.1) is 25.8 Å². The first kappa shape index (κ1) is 16.0. The number of ether oxygens (including phenoxy) is 1. The van der Waals surface area contributed by atoms with E-state index in [0.717, 1.165) is 5.75 Å². The van der Waals surface area contributed by atoms with Crippen LogP contribution in [0.4, 0.5) is 0 Å². The zero-order valence-electron chi connectivity index (χ0n) is 12.8. The number of aliphatic hydroxyl groups is 1. The van der Waals surface area contributed by atoms with E-state index in [-0.39, 0.29) is 18.9 Å². The molecule has 1 aromatic carbocycles. The third-order valence-corrected chi connectivity index (χ3v) is 3.30. The van der Waals surface area contributed by atoms with Crippen molar-refractivity contribution in [3.05, 3.63) is 48.3 Å². The molecule has 0 radical (unpaired) electrons. The minimum atomic E-state index is -1.15. The van der Waals surface area contributed by atoms with Crippen LogP contribution in [-0.2, 0) is 17.4 Å². The van der Waals surface area contributed by atoms with Gasteiger partial charge in [-0.2, -0.15) is 5.10 Å². The highest BCUT2D eigenvalue weighted by atomic mass is 16.5. The Balaban J connectivity index is 1.73. The fourth-order valence-electron chi connectivity index (χ4n) is 1.94. The predicted octanol–water partition coefficient (Wildman–Crippen LogP) is 1.21. The Morgan fingerprint density at radius 1 is 1.41 bits per heavy atom. The Morgan fingerprint density at radius 3 is 2.77 bits per heavy atom. The summed E-state index contributed by atoms with van der Waals surface area (Å²) in [5, 5.41) is 17.1. The fourth-order valence-corrected chi connectivity index (χ4v) is 1.94. The molecule has 1 unspecified atom stereocenters. The lowest BCUT2D eigenvalue weighted by Gasteiger charge is -2.22. The lowest BCUT2D eigenvalue weighted by molar-refractivity contribution is -0.122. The van der Waals surface area contributed by atoms with Gasteiger partial charge in [-0.1, -0.05) is 18.2 Å². The van der Waals surface area contributed by atoms with Crippen molar-refractivity contribution in [2.75, 3.05) is 13.2 Å². The zero-order chi connectivity index (χ0) is 16.0. The Morgan fingerprint density at radius 2 is 2.14 bits per heavy atom. The van der Waals surface area contributed by atoms with Gasteiger partial charge in [0.25, 0.3) is 0 Å². The van der Waals surface area contributed by atoms with Crippen molar-refractivity contribution >= 4 is 5.91 Å². The molecule has 0 aliphatic heterocycles. The van der Waals surface area contributed by atoms with Gasteiger partial charge in [0.2, 0.25) is 5.91 Å². The maximum atomic E-state index is 11.8. The minimum Gasteiger partial charge on any atom is -0.493 e. The molecule has 0 aliphatic rings. The molecule has 1 amide bonds. The second kappa shape index (κ2) is 7.09. The van der Waals surface area contributed by atoms with Gasteiger partial charge in [-0.3, -0.25) is 9.48 Å². The molecular weight excluding hydrogens is 282 g/mol. The van der Waals surface area contributed by atoms with E-state index >= 15 is 0 Å². The first-order valence-corrected chi connectivity index (χ1v) is 7.13. The minimum absolute atomic E-state index is 0.128. The molecule has 6 heteroatoms. The number of rotatable bonds is 7. The van der Waals surface area contributed by atoms with Crippen LogP contribution in [0.5, 0.6) is 5.75 Å². The van der Waals surface area contributed by atoms with E-state index in [4.69, 9.17) is 4.74 Å². The molecule has 1 atom stereocenters. The second-order valence-electron chi connectivity index (χ2n) is 5.36. The molecule has 0 saturated carbocycles. The molecule has 118 valence electrons. The third-order valence-electron chi connectivity index (χ3n) is 3.30. The number of aromatic nitrogens is 2. The van der Waals surface area contributed by atoms with E-state index < -0.39 is 5.60 Å². The van der Waals surface area contributed by atoms with Crippen molar-refractivity contribution in [1.82, 2.24) is 15.1 Å². The number of hydrogen-bond donors (Lipinski definition) is 2. The van der Waals surface area contributed by atoms with Gasteiger partial charge >= 0.3 is 0 Å². The van der Waals surface area contributed by atoms with Gasteiger partial charge in [-0.05, 0) is 19.1 Å². The van der Waals surface area contributed by atoms with E-state index in [9.17, 15) is 9.90 Å². The molecule has 1 aromatic heterocycles. The quantitative estimate of drug-likeness (QED) is 0.806. The summed E-state index contributed by atoms with van der Waals surface area (Å²) in [6.45, 7) is 2.07. The highest BCUT2D eigenvalue weighted by molar-refractivity contribution is 5.76. The number of aryl methyl sites for hydroxylation is 1. The average molecular weight is 303 g/mol. The molecule has 6 nitrogen and oxygen atoms in total. The van der Waals surface area contributed by atoms with E-state index in [1.165, 1.54) is 0 Å². The number of amides is 1. The fraction of sp³-hybridized carbons (Fsp3) is 0.375. The van der Waals surface area contributed by atoms with Gasteiger partial charge in [0.15, 0.2) is 0 Å². The summed E-state index contributed by atoms with van der Waals surface area (Å²) in [5.41, 5.74) is -0.486. The molecule has 1 heterocycles. The number of carbonyl (C=O) groups is 1. The number of para-hydroxylation sites is 1. The normalized spacial score (nSPS) is 13.4. The molecule has 0 aliphatic carbocycles. The topological polar surface area (TPSA) is 76.4 Å². The SMILES string of the molecule is Cn1cc(C(C)(O)CNC(=O)CCOc2ccccc2)cn1. The van der Waals surface area contributed by atoms with Crippen LogP contribution in [0, 0.1) is 0 Å². The van der Waals surface area contributed by atoms with E-state index in [2.05, 4.69) is 10.4 Å². The number of nitrogens with one attached hydrogen (secondary N) is 1. The van der Waals surface area contributed by atoms with Crippen molar-refractivity contribution < 1.29 is 14.6 Å². The van der Waals surface area contributed by atoms with Gasteiger partial charge in [0.1, 0.15) is 11.4 Å². The summed E-state index contributed by atoms with van der Waals surface area (Å²) in [6.07, 6.45) is 3.55. The monoisotopic (exact) mass is 303 g/mol. The van der Waals surface area contributed by atoms with Crippen LogP contribution < -0.4 is 10.1 Å². The van der Waals surface area contributed by atoms with Crippen molar-refractivity contribution in [2.24, 2.45) is 7.05 Å². The molecule has 0 fully saturated rings. The third kappa shape index (κ3) is 4.60. The Kier molecular flexibility index (Phi) is 5.16. The molecule has 2 aromatic rings. The number of benzene rings is 1. The predicted molar refractivity (Wildman–Crippen MR) is 82.3 cm³/mol. The highest BCUT2D eigenvalue weighted by Crippen LogP contribution is 2.18. The van der Waals surface area contributed by atoms with Crippen LogP contribution in [0.15, 0.2) is 42.7 Å². The van der Waals surface area contributed by atoms with Crippen molar-refractivity contribution in [3.63, 3.8) is 0 Å². The summed E-state index contributed by atoms with van der Waals surface area (Å²) in [5.74, 6) is 0.567. The summed E-state index contributed by atoms with van der Waals surface area (Å²) in [6, 6.07) is 9.33. The van der Waals surface area contributed by atoms with Crippen LogP contribution in [0.1, 0.15) is 18.9 Å². The van der Waals surface area contributed by atoms with Crippen molar-refractivity contribution in [1.29, 1.82) is 0 Å². The lowest BCUT2D eigenvalue weighted by atomic mass is 10.00. The van der Waals surface area contributed by atoms with Gasteiger partial charge in [0, 0.05) is 18.8 Å². The Bertz CT molecular complexity index is 608. The molecule has 2 rings (SSSR count). The van der Waals surface area contributed by atoms with Crippen LogP contribution in [-0.4, -0.2) is 33.9 Å². The second-order valence-corrected chi connectivity index (χ2v) is 5.36. The maximum Gasteiger partial charge on any atom is 0.223 e. The average Bonchev–Trinajstić information content (AvgIpc) is 2.94. The molecule has 2 N–H and O–H groups in total. The maximum absolute atomic E-state index is 11.8. The highest BCUT2D eigenvalue weighted by Gasteiger charge is 2.25. The van der Waals surface area contributed by atoms with Gasteiger partial charge in [-0.15, -0.1) is 0 Å². The molecule has 0 saturated heterocycles. The first-order valence-electron chi connectivity index (χ1n) is 7.13. The van der Waals surface area contributed by atoms with Crippen molar-refractivity contribution in [3.8, 4) is 5.75 Å². The van der Waals surface area contributed by atoms with Crippen molar-refractivity contribution in [2.45, 2.75) is 18.9 Å². The number of carbonyl (C=O) groups excluding carboxylic acids is 1. The Labute approximate surface area is 129 Å². The molecular formula is C16H21N3O3. The van der Waals surface area contributed by atoms with Gasteiger partial charge < -0.3 is 15.2 Å². The summed E-state index contributed by atoms with van der Waals surface area (Å²) < 4.78 is 7.07. The largest absolute Gasteiger partial charge is 0.493 e. The summed E-state index contributed by atoms with van der Waals surface area (Å²) in [4.78, 5) is 11.8. The molecule has 0 spiro atoms. The number of nitrogens with zero attached hydrogens (tertiary/aromatic N) is 2. The summed E-state index contributed by atoms with van der Waals surface area (Å²) in [7, 11) is 1.78. The van der Waals surface area contributed by atoms with Crippen LogP contribution in [0.3, 0.4) is 0 Å². The van der Waals surface area contributed by atoms with E-state index in [1.807, 2.05) is 30.3 Å². The lowest BCUT2D eigenvalue weighted by Crippen LogP contribution is -2.38. The van der Waals surface area contributed by atoms with Crippen LogP contribution >= 0.6 is 0 Å².